The third kappa shape index (κ3) is 3.54. The molecule has 0 atom stereocenters. The monoisotopic (exact) mass is 301 g/mol. The highest BCUT2D eigenvalue weighted by atomic mass is 31.2. The molecule has 1 heterocycles. The van der Waals surface area contributed by atoms with Crippen molar-refractivity contribution in [2.24, 2.45) is 0 Å². The van der Waals surface area contributed by atoms with E-state index < -0.39 is 7.26 Å². The summed E-state index contributed by atoms with van der Waals surface area (Å²) in [6.07, 6.45) is 7.57. The quantitative estimate of drug-likeness (QED) is 0.488. The Balaban J connectivity index is 3.25. The lowest BCUT2D eigenvalue weighted by atomic mass is 10.4. The molecule has 0 aliphatic carbocycles. The van der Waals surface area contributed by atoms with Crippen LogP contribution in [0.3, 0.4) is 0 Å². The largest absolute Gasteiger partial charge is 0.490 e. The minimum Gasteiger partial charge on any atom is -0.490 e. The zero-order valence-electron chi connectivity index (χ0n) is 13.0. The van der Waals surface area contributed by atoms with Crippen LogP contribution >= 0.6 is 7.26 Å². The molecule has 4 nitrogen and oxygen atoms in total. The van der Waals surface area contributed by atoms with Gasteiger partial charge in [0.2, 0.25) is 11.1 Å². The van der Waals surface area contributed by atoms with Crippen LogP contribution in [-0.4, -0.2) is 32.6 Å². The Labute approximate surface area is 122 Å². The third-order valence-corrected chi connectivity index (χ3v) is 7.50. The Morgan fingerprint density at radius 1 is 1.15 bits per heavy atom. The molecule has 0 radical (unpaired) electrons. The molecule has 0 fully saturated rings. The van der Waals surface area contributed by atoms with Crippen LogP contribution in [0.5, 0.6) is 11.7 Å². The number of carbonyl (C=O) groups excluding carboxylic acids is 1. The Morgan fingerprint density at radius 3 is 2.15 bits per heavy atom. The van der Waals surface area contributed by atoms with Gasteiger partial charge in [0.15, 0.2) is 0 Å². The van der Waals surface area contributed by atoms with Crippen molar-refractivity contribution in [2.45, 2.75) is 39.5 Å². The van der Waals surface area contributed by atoms with Crippen LogP contribution in [0.1, 0.15) is 39.5 Å². The predicted molar refractivity (Wildman–Crippen MR) is 84.7 cm³/mol. The first kappa shape index (κ1) is 17.0. The molecule has 0 aliphatic rings. The van der Waals surface area contributed by atoms with Gasteiger partial charge >= 0.3 is 5.95 Å². The second-order valence-corrected chi connectivity index (χ2v) is 8.56. The van der Waals surface area contributed by atoms with Gasteiger partial charge in [0.25, 0.3) is 6.03 Å². The summed E-state index contributed by atoms with van der Waals surface area (Å²) in [5, 5.41) is 0.874. The van der Waals surface area contributed by atoms with E-state index in [1.807, 2.05) is 0 Å². The summed E-state index contributed by atoms with van der Waals surface area (Å²) in [6.45, 7) is 4.28. The molecule has 0 bridgehead atoms. The van der Waals surface area contributed by atoms with Crippen molar-refractivity contribution in [1.29, 1.82) is 0 Å². The molecule has 0 aromatic carbocycles. The fraction of sp³-hybridized carbons (Fsp3) is 0.667. The van der Waals surface area contributed by atoms with Gasteiger partial charge in [-0.25, -0.2) is 0 Å². The Kier molecular flexibility index (Phi) is 7.08. The maximum absolute atomic E-state index is 12.0. The maximum Gasteiger partial charge on any atom is 0.333 e. The van der Waals surface area contributed by atoms with Crippen LogP contribution < -0.4 is 14.8 Å². The van der Waals surface area contributed by atoms with E-state index in [4.69, 9.17) is 13.9 Å². The summed E-state index contributed by atoms with van der Waals surface area (Å²) in [6, 6.07) is 1.16. The van der Waals surface area contributed by atoms with E-state index in [0.29, 0.717) is 11.7 Å². The van der Waals surface area contributed by atoms with Gasteiger partial charge in [-0.15, -0.1) is 0 Å². The third-order valence-electron chi connectivity index (χ3n) is 3.57. The number of ether oxygens (including phenoxy) is 2. The zero-order chi connectivity index (χ0) is 15.0. The van der Waals surface area contributed by atoms with Crippen molar-refractivity contribution in [2.75, 3.05) is 26.5 Å². The fourth-order valence-electron chi connectivity index (χ4n) is 2.38. The standard InChI is InChI=1S/C15H26O4P/c1-5-7-9-20(12-16,10-8-6-2)14-13(17-3)11-19-15(14)18-4/h11-12H,5-10H2,1-4H3/q+1. The van der Waals surface area contributed by atoms with Gasteiger partial charge in [-0.3, -0.25) is 4.79 Å². The lowest BCUT2D eigenvalue weighted by molar-refractivity contribution is 0.306. The van der Waals surface area contributed by atoms with Crippen molar-refractivity contribution in [3.05, 3.63) is 6.26 Å². The van der Waals surface area contributed by atoms with Gasteiger partial charge in [0.05, 0.1) is 26.5 Å². The molecule has 0 saturated heterocycles. The molecule has 20 heavy (non-hydrogen) atoms. The van der Waals surface area contributed by atoms with Crippen LogP contribution in [0.25, 0.3) is 0 Å². The van der Waals surface area contributed by atoms with Crippen LogP contribution in [0.2, 0.25) is 0 Å². The van der Waals surface area contributed by atoms with E-state index in [1.165, 1.54) is 0 Å². The summed E-state index contributed by atoms with van der Waals surface area (Å²) in [7, 11) is 1.23. The molecule has 114 valence electrons. The first-order chi connectivity index (χ1) is 9.68. The van der Waals surface area contributed by atoms with Crippen LogP contribution in [0.4, 0.5) is 0 Å². The van der Waals surface area contributed by atoms with Gasteiger partial charge in [-0.1, -0.05) is 26.7 Å². The first-order valence-corrected chi connectivity index (χ1v) is 9.45. The van der Waals surface area contributed by atoms with Crippen LogP contribution in [0.15, 0.2) is 10.7 Å². The number of carbonyl (C=O) groups is 1. The Hall–Kier alpha value is -1.02. The maximum atomic E-state index is 12.0. The molecule has 0 unspecified atom stereocenters. The van der Waals surface area contributed by atoms with Crippen molar-refractivity contribution in [3.8, 4) is 11.7 Å². The molecule has 1 rings (SSSR count). The van der Waals surface area contributed by atoms with Crippen LogP contribution in [-0.2, 0) is 4.79 Å². The van der Waals surface area contributed by atoms with E-state index in [9.17, 15) is 4.79 Å². The minimum atomic E-state index is -1.95. The zero-order valence-corrected chi connectivity index (χ0v) is 13.9. The fourth-order valence-corrected chi connectivity index (χ4v) is 6.22. The molecule has 5 heteroatoms. The summed E-state index contributed by atoms with van der Waals surface area (Å²) < 4.78 is 16.1. The van der Waals surface area contributed by atoms with Gasteiger partial charge in [-0.2, -0.15) is 0 Å². The second-order valence-electron chi connectivity index (χ2n) is 4.94. The molecular weight excluding hydrogens is 275 g/mol. The smallest absolute Gasteiger partial charge is 0.333 e. The molecule has 1 aromatic rings. The average molecular weight is 301 g/mol. The SMILES string of the molecule is CCCC[P+](C=O)(CCCC)c1c(OC)coc1OC. The highest BCUT2D eigenvalue weighted by Gasteiger charge is 2.47. The van der Waals surface area contributed by atoms with Crippen molar-refractivity contribution < 1.29 is 18.7 Å². The number of rotatable bonds is 10. The summed E-state index contributed by atoms with van der Waals surface area (Å²) in [4.78, 5) is 12.0. The Morgan fingerprint density at radius 2 is 1.75 bits per heavy atom. The topological polar surface area (TPSA) is 48.7 Å². The molecule has 0 amide bonds. The first-order valence-electron chi connectivity index (χ1n) is 7.22. The molecular formula is C15H26O4P+. The molecule has 0 N–H and O–H groups in total. The second kappa shape index (κ2) is 8.31. The normalized spacial score (nSPS) is 11.4. The van der Waals surface area contributed by atoms with E-state index in [-0.39, 0.29) is 0 Å². The van der Waals surface area contributed by atoms with Gasteiger partial charge in [-0.05, 0) is 12.8 Å². The lowest BCUT2D eigenvalue weighted by Gasteiger charge is -2.20. The van der Waals surface area contributed by atoms with E-state index in [2.05, 4.69) is 13.8 Å². The highest BCUT2D eigenvalue weighted by Crippen LogP contribution is 2.60. The lowest BCUT2D eigenvalue weighted by Crippen LogP contribution is -2.21. The summed E-state index contributed by atoms with van der Waals surface area (Å²) in [5.74, 6) is 1.09. The van der Waals surface area contributed by atoms with E-state index >= 15 is 0 Å². The number of methoxy groups -OCH3 is 2. The van der Waals surface area contributed by atoms with Gasteiger partial charge in [0.1, 0.15) is 13.5 Å². The van der Waals surface area contributed by atoms with Crippen molar-refractivity contribution >= 4 is 18.6 Å². The highest BCUT2D eigenvalue weighted by molar-refractivity contribution is 7.95. The van der Waals surface area contributed by atoms with Crippen molar-refractivity contribution in [1.82, 2.24) is 0 Å². The summed E-state index contributed by atoms with van der Waals surface area (Å²) >= 11 is 0. The molecule has 0 aliphatic heterocycles. The number of unbranched alkanes of at least 4 members (excludes halogenated alkanes) is 2. The van der Waals surface area contributed by atoms with Gasteiger partial charge in [0, 0.05) is 0 Å². The number of furan rings is 1. The number of hydrogen-bond donors (Lipinski definition) is 0. The molecule has 0 saturated carbocycles. The molecule has 1 aromatic heterocycles. The van der Waals surface area contributed by atoms with E-state index in [0.717, 1.165) is 49.3 Å². The van der Waals surface area contributed by atoms with Gasteiger partial charge < -0.3 is 13.9 Å². The average Bonchev–Trinajstić information content (AvgIpc) is 2.92. The van der Waals surface area contributed by atoms with Crippen molar-refractivity contribution in [3.63, 3.8) is 0 Å². The Bertz CT molecular complexity index is 385. The van der Waals surface area contributed by atoms with Crippen LogP contribution in [0, 0.1) is 0 Å². The molecule has 0 spiro atoms. The number of hydrogen-bond acceptors (Lipinski definition) is 4. The minimum absolute atomic E-state index is 0.439. The predicted octanol–water partition coefficient (Wildman–Crippen LogP) is 3.73. The summed E-state index contributed by atoms with van der Waals surface area (Å²) in [5.41, 5.74) is 0. The van der Waals surface area contributed by atoms with E-state index in [1.54, 1.807) is 20.5 Å².